The fourth-order valence-electron chi connectivity index (χ4n) is 4.99. The Hall–Kier alpha value is -1.38. The summed E-state index contributed by atoms with van der Waals surface area (Å²) in [7, 11) is -2.40. The van der Waals surface area contributed by atoms with Crippen molar-refractivity contribution in [2.75, 3.05) is 0 Å². The smallest absolute Gasteiger partial charge is 0.261 e. The monoisotopic (exact) mass is 394 g/mol. The van der Waals surface area contributed by atoms with Gasteiger partial charge in [-0.05, 0) is 52.4 Å². The lowest BCUT2D eigenvalue weighted by Crippen LogP contribution is -2.67. The van der Waals surface area contributed by atoms with Crippen molar-refractivity contribution in [1.29, 1.82) is 0 Å². The summed E-state index contributed by atoms with van der Waals surface area (Å²) < 4.78 is 7.32. The van der Waals surface area contributed by atoms with Crippen LogP contribution in [0.15, 0.2) is 60.7 Å². The summed E-state index contributed by atoms with van der Waals surface area (Å²) in [6.45, 7) is 14.3. The second kappa shape index (κ2) is 8.16. The molecule has 0 N–H and O–H groups in total. The van der Waals surface area contributed by atoms with Crippen LogP contribution >= 0.6 is 0 Å². The quantitative estimate of drug-likeness (QED) is 0.564. The summed E-state index contributed by atoms with van der Waals surface area (Å²) in [6, 6.07) is 22.1. The molecule has 0 spiro atoms. The van der Waals surface area contributed by atoms with Crippen LogP contribution in [-0.4, -0.2) is 14.4 Å². The Bertz CT molecular complexity index is 692. The Kier molecular flexibility index (Phi) is 6.22. The summed E-state index contributed by atoms with van der Waals surface area (Å²) in [6.07, 6.45) is 5.31. The highest BCUT2D eigenvalue weighted by Crippen LogP contribution is 2.42. The molecular formula is C26H38OSi. The minimum absolute atomic E-state index is 0.0661. The molecule has 152 valence electrons. The van der Waals surface area contributed by atoms with Crippen LogP contribution < -0.4 is 10.4 Å². The zero-order valence-corrected chi connectivity index (χ0v) is 19.7. The maximum atomic E-state index is 7.32. The third-order valence-electron chi connectivity index (χ3n) is 6.66. The fourth-order valence-corrected chi connectivity index (χ4v) is 9.74. The van der Waals surface area contributed by atoms with E-state index in [9.17, 15) is 0 Å². The Labute approximate surface area is 173 Å². The van der Waals surface area contributed by atoms with Gasteiger partial charge in [-0.2, -0.15) is 0 Å². The van der Waals surface area contributed by atoms with Gasteiger partial charge in [0.15, 0.2) is 0 Å². The number of rotatable bonds is 4. The average molecular weight is 395 g/mol. The standard InChI is InChI=1S/C26H38OSi/c1-25(2,3)21-17-19-22(20-18-21)27-28(26(4,5)6,23-13-9-7-10-14-23)24-15-11-8-12-16-24/h7-16,21-22H,17-20H2,1-6H3. The minimum Gasteiger partial charge on any atom is -0.404 e. The number of benzene rings is 2. The maximum Gasteiger partial charge on any atom is 0.261 e. The first-order chi connectivity index (χ1) is 13.1. The lowest BCUT2D eigenvalue weighted by molar-refractivity contribution is 0.0818. The Morgan fingerprint density at radius 3 is 1.46 bits per heavy atom. The van der Waals surface area contributed by atoms with Crippen LogP contribution in [-0.2, 0) is 4.43 Å². The van der Waals surface area contributed by atoms with Crippen LogP contribution in [0, 0.1) is 11.3 Å². The van der Waals surface area contributed by atoms with Crippen molar-refractivity contribution in [3.8, 4) is 0 Å². The molecule has 0 unspecified atom stereocenters. The summed E-state index contributed by atoms with van der Waals surface area (Å²) in [4.78, 5) is 0. The molecule has 0 heterocycles. The molecule has 1 saturated carbocycles. The third kappa shape index (κ3) is 4.28. The van der Waals surface area contributed by atoms with Crippen molar-refractivity contribution in [2.45, 2.75) is 78.4 Å². The van der Waals surface area contributed by atoms with Gasteiger partial charge in [-0.15, -0.1) is 0 Å². The molecule has 0 amide bonds. The molecule has 1 aliphatic carbocycles. The fraction of sp³-hybridized carbons (Fsp3) is 0.538. The predicted octanol–water partition coefficient (Wildman–Crippen LogP) is 6.17. The van der Waals surface area contributed by atoms with E-state index in [1.165, 1.54) is 36.1 Å². The van der Waals surface area contributed by atoms with E-state index in [1.54, 1.807) is 0 Å². The van der Waals surface area contributed by atoms with Gasteiger partial charge in [-0.1, -0.05) is 102 Å². The SMILES string of the molecule is CC(C)(C)C1CCC(O[Si](c2ccccc2)(c2ccccc2)C(C)(C)C)CC1. The van der Waals surface area contributed by atoms with Crippen molar-refractivity contribution in [1.82, 2.24) is 0 Å². The molecule has 2 aromatic carbocycles. The normalized spacial score (nSPS) is 21.5. The molecule has 1 fully saturated rings. The first-order valence-electron chi connectivity index (χ1n) is 10.9. The molecular weight excluding hydrogens is 356 g/mol. The molecule has 0 saturated heterocycles. The second-order valence-corrected chi connectivity index (χ2v) is 14.9. The summed E-state index contributed by atoms with van der Waals surface area (Å²) in [5.74, 6) is 0.812. The topological polar surface area (TPSA) is 9.23 Å². The van der Waals surface area contributed by atoms with Crippen molar-refractivity contribution in [2.24, 2.45) is 11.3 Å². The van der Waals surface area contributed by atoms with E-state index in [4.69, 9.17) is 4.43 Å². The highest BCUT2D eigenvalue weighted by atomic mass is 28.4. The van der Waals surface area contributed by atoms with Gasteiger partial charge >= 0.3 is 0 Å². The molecule has 3 rings (SSSR count). The predicted molar refractivity (Wildman–Crippen MR) is 124 cm³/mol. The van der Waals surface area contributed by atoms with Crippen LogP contribution in [0.5, 0.6) is 0 Å². The summed E-state index contributed by atoms with van der Waals surface area (Å²) in [5, 5.41) is 2.86. The Morgan fingerprint density at radius 2 is 1.11 bits per heavy atom. The Morgan fingerprint density at radius 1 is 0.679 bits per heavy atom. The highest BCUT2D eigenvalue weighted by molar-refractivity contribution is 6.99. The van der Waals surface area contributed by atoms with Gasteiger partial charge in [0, 0.05) is 6.10 Å². The molecule has 0 aliphatic heterocycles. The van der Waals surface area contributed by atoms with E-state index in [0.29, 0.717) is 11.5 Å². The van der Waals surface area contributed by atoms with Gasteiger partial charge < -0.3 is 4.43 Å². The Balaban J connectivity index is 1.98. The molecule has 2 heteroatoms. The molecule has 0 bridgehead atoms. The molecule has 0 atom stereocenters. The van der Waals surface area contributed by atoms with Crippen molar-refractivity contribution < 1.29 is 4.43 Å². The second-order valence-electron chi connectivity index (χ2n) is 10.6. The summed E-state index contributed by atoms with van der Waals surface area (Å²) in [5.41, 5.74) is 0.405. The summed E-state index contributed by atoms with van der Waals surface area (Å²) >= 11 is 0. The molecule has 1 aliphatic rings. The zero-order chi connectivity index (χ0) is 20.4. The van der Waals surface area contributed by atoms with Crippen LogP contribution in [0.2, 0.25) is 5.04 Å². The largest absolute Gasteiger partial charge is 0.404 e. The molecule has 28 heavy (non-hydrogen) atoms. The number of hydrogen-bond donors (Lipinski definition) is 0. The molecule has 1 nitrogen and oxygen atoms in total. The van der Waals surface area contributed by atoms with Crippen LogP contribution in [0.4, 0.5) is 0 Å². The first kappa shape index (κ1) is 21.3. The minimum atomic E-state index is -2.40. The van der Waals surface area contributed by atoms with E-state index < -0.39 is 8.32 Å². The lowest BCUT2D eigenvalue weighted by Gasteiger charge is -2.47. The van der Waals surface area contributed by atoms with Gasteiger partial charge in [-0.3, -0.25) is 0 Å². The maximum absolute atomic E-state index is 7.32. The van der Waals surface area contributed by atoms with Gasteiger partial charge in [0.25, 0.3) is 8.32 Å². The molecule has 0 aromatic heterocycles. The number of hydrogen-bond acceptors (Lipinski definition) is 1. The van der Waals surface area contributed by atoms with E-state index in [1.807, 2.05) is 0 Å². The zero-order valence-electron chi connectivity index (χ0n) is 18.7. The van der Waals surface area contributed by atoms with E-state index in [0.717, 1.165) is 5.92 Å². The van der Waals surface area contributed by atoms with Crippen LogP contribution in [0.25, 0.3) is 0 Å². The first-order valence-corrected chi connectivity index (χ1v) is 12.8. The van der Waals surface area contributed by atoms with Crippen LogP contribution in [0.1, 0.15) is 67.2 Å². The highest BCUT2D eigenvalue weighted by Gasteiger charge is 2.51. The van der Waals surface area contributed by atoms with E-state index in [2.05, 4.69) is 102 Å². The van der Waals surface area contributed by atoms with E-state index >= 15 is 0 Å². The van der Waals surface area contributed by atoms with Crippen LogP contribution in [0.3, 0.4) is 0 Å². The van der Waals surface area contributed by atoms with Gasteiger partial charge in [0.1, 0.15) is 0 Å². The average Bonchev–Trinajstić information content (AvgIpc) is 2.66. The van der Waals surface area contributed by atoms with E-state index in [-0.39, 0.29) is 5.04 Å². The van der Waals surface area contributed by atoms with Crippen molar-refractivity contribution in [3.05, 3.63) is 60.7 Å². The lowest BCUT2D eigenvalue weighted by atomic mass is 9.72. The van der Waals surface area contributed by atoms with Crippen molar-refractivity contribution >= 4 is 18.7 Å². The van der Waals surface area contributed by atoms with Gasteiger partial charge in [0.2, 0.25) is 0 Å². The molecule has 2 aromatic rings. The van der Waals surface area contributed by atoms with Gasteiger partial charge in [-0.25, -0.2) is 0 Å². The molecule has 0 radical (unpaired) electrons. The van der Waals surface area contributed by atoms with Crippen molar-refractivity contribution in [3.63, 3.8) is 0 Å². The van der Waals surface area contributed by atoms with Gasteiger partial charge in [0.05, 0.1) is 0 Å². The third-order valence-corrected chi connectivity index (χ3v) is 11.8.